The Balaban J connectivity index is 2.71. The van der Waals surface area contributed by atoms with Crippen LogP contribution in [0.25, 0.3) is 5.69 Å². The van der Waals surface area contributed by atoms with E-state index in [9.17, 15) is 4.79 Å². The zero-order chi connectivity index (χ0) is 12.6. The van der Waals surface area contributed by atoms with Gasteiger partial charge in [0.25, 0.3) is 5.91 Å². The summed E-state index contributed by atoms with van der Waals surface area (Å²) < 4.78 is 1.67. The highest BCUT2D eigenvalue weighted by Gasteiger charge is 2.15. The highest BCUT2D eigenvalue weighted by atomic mass is 35.5. The third-order valence-corrected chi connectivity index (χ3v) is 2.79. The van der Waals surface area contributed by atoms with E-state index in [1.807, 2.05) is 19.9 Å². The van der Waals surface area contributed by atoms with Gasteiger partial charge < -0.3 is 5.73 Å². The van der Waals surface area contributed by atoms with E-state index >= 15 is 0 Å². The molecule has 0 spiro atoms. The molecule has 0 aliphatic carbocycles. The molecule has 0 aliphatic rings. The predicted molar refractivity (Wildman–Crippen MR) is 66.6 cm³/mol. The lowest BCUT2D eigenvalue weighted by Crippen LogP contribution is -2.16. The fourth-order valence-electron chi connectivity index (χ4n) is 1.81. The molecule has 1 amide bonds. The first-order chi connectivity index (χ1) is 8.00. The molecule has 0 radical (unpaired) electrons. The van der Waals surface area contributed by atoms with Gasteiger partial charge in [-0.15, -0.1) is 0 Å². The molecule has 1 heterocycles. The standard InChI is InChI=1S/C12H12ClN3O/c1-7-6-8(2)16(15-7)10-5-3-4-9(13)11(10)12(14)17/h3-6H,1-2H3,(H2,14,17). The third kappa shape index (κ3) is 2.03. The summed E-state index contributed by atoms with van der Waals surface area (Å²) in [6, 6.07) is 7.09. The van der Waals surface area contributed by atoms with E-state index in [0.29, 0.717) is 16.3 Å². The summed E-state index contributed by atoms with van der Waals surface area (Å²) in [5.74, 6) is -0.557. The molecular formula is C12H12ClN3O. The first-order valence-electron chi connectivity index (χ1n) is 5.12. The molecule has 0 saturated heterocycles. The Bertz CT molecular complexity index is 589. The summed E-state index contributed by atoms with van der Waals surface area (Å²) in [6.07, 6.45) is 0. The van der Waals surface area contributed by atoms with Crippen molar-refractivity contribution in [2.45, 2.75) is 13.8 Å². The van der Waals surface area contributed by atoms with Crippen LogP contribution in [0.15, 0.2) is 24.3 Å². The quantitative estimate of drug-likeness (QED) is 0.887. The number of hydrogen-bond donors (Lipinski definition) is 1. The molecule has 4 nitrogen and oxygen atoms in total. The summed E-state index contributed by atoms with van der Waals surface area (Å²) in [4.78, 5) is 11.4. The predicted octanol–water partition coefficient (Wildman–Crippen LogP) is 2.24. The van der Waals surface area contributed by atoms with Crippen molar-refractivity contribution in [1.82, 2.24) is 9.78 Å². The van der Waals surface area contributed by atoms with Crippen molar-refractivity contribution in [1.29, 1.82) is 0 Å². The first kappa shape index (κ1) is 11.7. The second kappa shape index (κ2) is 4.22. The second-order valence-electron chi connectivity index (χ2n) is 3.84. The Kier molecular flexibility index (Phi) is 2.90. The molecule has 1 aromatic carbocycles. The van der Waals surface area contributed by atoms with Crippen molar-refractivity contribution in [3.05, 3.63) is 46.2 Å². The minimum Gasteiger partial charge on any atom is -0.365 e. The number of aryl methyl sites for hydroxylation is 2. The number of halogens is 1. The number of carbonyl (C=O) groups excluding carboxylic acids is 1. The zero-order valence-corrected chi connectivity index (χ0v) is 10.3. The zero-order valence-electron chi connectivity index (χ0n) is 9.57. The Morgan fingerprint density at radius 3 is 2.65 bits per heavy atom. The van der Waals surface area contributed by atoms with Gasteiger partial charge in [0, 0.05) is 5.69 Å². The number of hydrogen-bond acceptors (Lipinski definition) is 2. The van der Waals surface area contributed by atoms with Gasteiger partial charge in [0.1, 0.15) is 0 Å². The van der Waals surface area contributed by atoms with Crippen molar-refractivity contribution in [2.75, 3.05) is 0 Å². The maximum Gasteiger partial charge on any atom is 0.252 e. The minimum absolute atomic E-state index is 0.292. The number of aromatic nitrogens is 2. The number of nitrogens with zero attached hydrogens (tertiary/aromatic N) is 2. The molecule has 0 saturated carbocycles. The van der Waals surface area contributed by atoms with Crippen LogP contribution in [0.1, 0.15) is 21.7 Å². The largest absolute Gasteiger partial charge is 0.365 e. The van der Waals surface area contributed by atoms with Gasteiger partial charge in [0.05, 0.1) is 22.0 Å². The number of nitrogens with two attached hydrogens (primary N) is 1. The lowest BCUT2D eigenvalue weighted by atomic mass is 10.1. The number of benzene rings is 1. The second-order valence-corrected chi connectivity index (χ2v) is 4.24. The monoisotopic (exact) mass is 249 g/mol. The van der Waals surface area contributed by atoms with Crippen molar-refractivity contribution in [3.8, 4) is 5.69 Å². The number of primary amides is 1. The van der Waals surface area contributed by atoms with Crippen molar-refractivity contribution in [3.63, 3.8) is 0 Å². The van der Waals surface area contributed by atoms with E-state index in [0.717, 1.165) is 11.4 Å². The Labute approximate surface area is 104 Å². The molecule has 2 aromatic rings. The fraction of sp³-hybridized carbons (Fsp3) is 0.167. The SMILES string of the molecule is Cc1cc(C)n(-c2cccc(Cl)c2C(N)=O)n1. The Morgan fingerprint density at radius 1 is 1.41 bits per heavy atom. The highest BCUT2D eigenvalue weighted by Crippen LogP contribution is 2.23. The first-order valence-corrected chi connectivity index (χ1v) is 5.50. The fourth-order valence-corrected chi connectivity index (χ4v) is 2.07. The van der Waals surface area contributed by atoms with E-state index < -0.39 is 5.91 Å². The molecule has 1 aromatic heterocycles. The molecule has 2 N–H and O–H groups in total. The van der Waals surface area contributed by atoms with Crippen molar-refractivity contribution < 1.29 is 4.79 Å². The van der Waals surface area contributed by atoms with Crippen LogP contribution in [0.5, 0.6) is 0 Å². The molecule has 0 aliphatic heterocycles. The van der Waals surface area contributed by atoms with Gasteiger partial charge in [-0.25, -0.2) is 4.68 Å². The topological polar surface area (TPSA) is 60.9 Å². The van der Waals surface area contributed by atoms with Gasteiger partial charge in [-0.05, 0) is 32.0 Å². The molecule has 17 heavy (non-hydrogen) atoms. The Morgan fingerprint density at radius 2 is 2.12 bits per heavy atom. The van der Waals surface area contributed by atoms with E-state index in [-0.39, 0.29) is 0 Å². The van der Waals surface area contributed by atoms with E-state index in [4.69, 9.17) is 17.3 Å². The minimum atomic E-state index is -0.557. The summed E-state index contributed by atoms with van der Waals surface area (Å²) in [5, 5.41) is 4.65. The van der Waals surface area contributed by atoms with Gasteiger partial charge in [0.2, 0.25) is 0 Å². The normalized spacial score (nSPS) is 10.5. The smallest absolute Gasteiger partial charge is 0.252 e. The lowest BCUT2D eigenvalue weighted by Gasteiger charge is -2.10. The van der Waals surface area contributed by atoms with E-state index in [1.54, 1.807) is 22.9 Å². The maximum absolute atomic E-state index is 11.4. The van der Waals surface area contributed by atoms with E-state index in [2.05, 4.69) is 5.10 Å². The summed E-state index contributed by atoms with van der Waals surface area (Å²) in [7, 11) is 0. The number of carbonyl (C=O) groups is 1. The molecule has 0 unspecified atom stereocenters. The molecular weight excluding hydrogens is 238 g/mol. The van der Waals surface area contributed by atoms with Crippen LogP contribution in [0.2, 0.25) is 5.02 Å². The van der Waals surface area contributed by atoms with Gasteiger partial charge >= 0.3 is 0 Å². The molecule has 0 atom stereocenters. The van der Waals surface area contributed by atoms with Crippen molar-refractivity contribution in [2.24, 2.45) is 5.73 Å². The summed E-state index contributed by atoms with van der Waals surface area (Å²) in [5.41, 5.74) is 8.04. The molecule has 2 rings (SSSR count). The maximum atomic E-state index is 11.4. The summed E-state index contributed by atoms with van der Waals surface area (Å²) >= 11 is 5.99. The summed E-state index contributed by atoms with van der Waals surface area (Å²) in [6.45, 7) is 3.80. The van der Waals surface area contributed by atoms with Crippen LogP contribution < -0.4 is 5.73 Å². The van der Waals surface area contributed by atoms with Crippen LogP contribution in [0.3, 0.4) is 0 Å². The van der Waals surface area contributed by atoms with Gasteiger partial charge in [-0.1, -0.05) is 17.7 Å². The van der Waals surface area contributed by atoms with E-state index in [1.165, 1.54) is 0 Å². The average molecular weight is 250 g/mol. The van der Waals surface area contributed by atoms with Gasteiger partial charge in [-0.3, -0.25) is 4.79 Å². The number of amides is 1. The number of rotatable bonds is 2. The third-order valence-electron chi connectivity index (χ3n) is 2.48. The molecule has 5 heteroatoms. The van der Waals surface area contributed by atoms with Crippen LogP contribution in [-0.2, 0) is 0 Å². The van der Waals surface area contributed by atoms with Crippen LogP contribution in [0.4, 0.5) is 0 Å². The Hall–Kier alpha value is -1.81. The highest BCUT2D eigenvalue weighted by molar-refractivity contribution is 6.34. The molecule has 0 bridgehead atoms. The van der Waals surface area contributed by atoms with Gasteiger partial charge in [0.15, 0.2) is 0 Å². The van der Waals surface area contributed by atoms with Crippen molar-refractivity contribution >= 4 is 17.5 Å². The van der Waals surface area contributed by atoms with Crippen LogP contribution in [-0.4, -0.2) is 15.7 Å². The molecule has 0 fully saturated rings. The molecule has 88 valence electrons. The average Bonchev–Trinajstić information content (AvgIpc) is 2.56. The van der Waals surface area contributed by atoms with Gasteiger partial charge in [-0.2, -0.15) is 5.10 Å². The van der Waals surface area contributed by atoms with Crippen LogP contribution >= 0.6 is 11.6 Å². The lowest BCUT2D eigenvalue weighted by molar-refractivity contribution is 0.100. The van der Waals surface area contributed by atoms with Crippen LogP contribution in [0, 0.1) is 13.8 Å².